The maximum Gasteiger partial charge on any atom is 0.227 e. The molecule has 4 rings (SSSR count). The van der Waals surface area contributed by atoms with Crippen molar-refractivity contribution in [1.82, 2.24) is 9.55 Å². The molecular weight excluding hydrogens is 357 g/mol. The summed E-state index contributed by atoms with van der Waals surface area (Å²) in [6, 6.07) is 3.34. The Balaban J connectivity index is 1.71. The Morgan fingerprint density at radius 3 is 2.46 bits per heavy atom. The van der Waals surface area contributed by atoms with Crippen molar-refractivity contribution in [1.29, 1.82) is 0 Å². The molecule has 0 radical (unpaired) electrons. The number of nitrogens with zero attached hydrogens (tertiary/aromatic N) is 2. The molecule has 0 unspecified atom stereocenters. The molecule has 1 aromatic heterocycles. The SMILES string of the molecule is CC(C)(O)c1cc(F)c2nc(NC(=O)CC(C)(C)C3CC3)n(C3CCC3)c2c1. The van der Waals surface area contributed by atoms with E-state index in [1.54, 1.807) is 19.9 Å². The van der Waals surface area contributed by atoms with Crippen molar-refractivity contribution in [2.24, 2.45) is 11.3 Å². The maximum absolute atomic E-state index is 14.8. The van der Waals surface area contributed by atoms with Gasteiger partial charge in [-0.3, -0.25) is 10.1 Å². The molecule has 0 saturated heterocycles. The number of carbonyl (C=O) groups excluding carboxylic acids is 1. The van der Waals surface area contributed by atoms with E-state index in [2.05, 4.69) is 24.1 Å². The van der Waals surface area contributed by atoms with Gasteiger partial charge in [0, 0.05) is 12.5 Å². The molecular formula is C22H30FN3O2. The molecule has 1 amide bonds. The summed E-state index contributed by atoms with van der Waals surface area (Å²) in [7, 11) is 0. The molecule has 0 atom stereocenters. The largest absolute Gasteiger partial charge is 0.386 e. The zero-order chi connectivity index (χ0) is 20.3. The van der Waals surface area contributed by atoms with Crippen LogP contribution in [0, 0.1) is 17.2 Å². The minimum absolute atomic E-state index is 0.0310. The van der Waals surface area contributed by atoms with Gasteiger partial charge >= 0.3 is 0 Å². The van der Waals surface area contributed by atoms with Crippen LogP contribution >= 0.6 is 0 Å². The maximum atomic E-state index is 14.8. The highest BCUT2D eigenvalue weighted by Crippen LogP contribution is 2.47. The summed E-state index contributed by atoms with van der Waals surface area (Å²) in [4.78, 5) is 17.2. The number of aromatic nitrogens is 2. The molecule has 2 aliphatic carbocycles. The van der Waals surface area contributed by atoms with Crippen LogP contribution in [0.15, 0.2) is 12.1 Å². The lowest BCUT2D eigenvalue weighted by molar-refractivity contribution is -0.118. The predicted octanol–water partition coefficient (Wildman–Crippen LogP) is 4.89. The molecule has 0 aliphatic heterocycles. The monoisotopic (exact) mass is 387 g/mol. The molecule has 0 spiro atoms. The van der Waals surface area contributed by atoms with Crippen molar-refractivity contribution >= 4 is 22.9 Å². The summed E-state index contributed by atoms with van der Waals surface area (Å²) in [5.74, 6) is 0.482. The van der Waals surface area contributed by atoms with Gasteiger partial charge in [-0.05, 0) is 75.0 Å². The minimum atomic E-state index is -1.15. The number of hydrogen-bond donors (Lipinski definition) is 2. The molecule has 5 nitrogen and oxygen atoms in total. The van der Waals surface area contributed by atoms with Crippen LogP contribution in [-0.2, 0) is 10.4 Å². The Morgan fingerprint density at radius 1 is 1.25 bits per heavy atom. The van der Waals surface area contributed by atoms with Crippen molar-refractivity contribution in [3.8, 4) is 0 Å². The molecule has 2 aliphatic rings. The third-order valence-electron chi connectivity index (χ3n) is 6.44. The van der Waals surface area contributed by atoms with Gasteiger partial charge in [0.15, 0.2) is 5.82 Å². The van der Waals surface area contributed by atoms with E-state index in [-0.39, 0.29) is 22.9 Å². The van der Waals surface area contributed by atoms with Gasteiger partial charge < -0.3 is 9.67 Å². The standard InChI is InChI=1S/C22H30FN3O2/c1-21(2,13-8-9-13)12-18(27)24-20-25-19-16(23)10-14(22(3,4)28)11-17(19)26(20)15-6-5-7-15/h10-11,13,15,28H,5-9,12H2,1-4H3,(H,24,25,27). The Bertz CT molecular complexity index is 918. The summed E-state index contributed by atoms with van der Waals surface area (Å²) in [5.41, 5.74) is 0.207. The number of halogens is 1. The Morgan fingerprint density at radius 2 is 1.93 bits per heavy atom. The molecule has 2 N–H and O–H groups in total. The number of anilines is 1. The third-order valence-corrected chi connectivity index (χ3v) is 6.44. The number of rotatable bonds is 6. The second-order valence-electron chi connectivity index (χ2n) is 9.76. The van der Waals surface area contributed by atoms with Gasteiger partial charge in [0.2, 0.25) is 11.9 Å². The summed E-state index contributed by atoms with van der Waals surface area (Å²) < 4.78 is 16.7. The zero-order valence-electron chi connectivity index (χ0n) is 17.2. The first kappa shape index (κ1) is 19.4. The quantitative estimate of drug-likeness (QED) is 0.741. The van der Waals surface area contributed by atoms with Crippen LogP contribution in [0.1, 0.15) is 77.8 Å². The number of amides is 1. The van der Waals surface area contributed by atoms with Gasteiger partial charge in [-0.15, -0.1) is 0 Å². The number of fused-ring (bicyclic) bond motifs is 1. The molecule has 2 aromatic rings. The predicted molar refractivity (Wildman–Crippen MR) is 108 cm³/mol. The average molecular weight is 387 g/mol. The molecule has 6 heteroatoms. The minimum Gasteiger partial charge on any atom is -0.386 e. The number of aliphatic hydroxyl groups is 1. The molecule has 1 aromatic carbocycles. The zero-order valence-corrected chi connectivity index (χ0v) is 17.2. The normalized spacial score (nSPS) is 18.4. The second kappa shape index (κ2) is 6.55. The number of carbonyl (C=O) groups is 1. The lowest BCUT2D eigenvalue weighted by Crippen LogP contribution is -2.26. The highest BCUT2D eigenvalue weighted by Gasteiger charge is 2.39. The highest BCUT2D eigenvalue weighted by molar-refractivity contribution is 5.92. The summed E-state index contributed by atoms with van der Waals surface area (Å²) in [6.07, 6.45) is 5.88. The molecule has 28 heavy (non-hydrogen) atoms. The van der Waals surface area contributed by atoms with Gasteiger partial charge in [-0.25, -0.2) is 9.37 Å². The number of hydrogen-bond acceptors (Lipinski definition) is 3. The van der Waals surface area contributed by atoms with Crippen LogP contribution in [0.4, 0.5) is 10.3 Å². The van der Waals surface area contributed by atoms with Crippen LogP contribution in [0.3, 0.4) is 0 Å². The van der Waals surface area contributed by atoms with Crippen LogP contribution < -0.4 is 5.32 Å². The van der Waals surface area contributed by atoms with Gasteiger partial charge in [0.25, 0.3) is 0 Å². The summed E-state index contributed by atoms with van der Waals surface area (Å²) in [6.45, 7) is 7.55. The van der Waals surface area contributed by atoms with E-state index in [0.29, 0.717) is 29.4 Å². The smallest absolute Gasteiger partial charge is 0.227 e. The summed E-state index contributed by atoms with van der Waals surface area (Å²) >= 11 is 0. The van der Waals surface area contributed by atoms with Gasteiger partial charge in [0.05, 0.1) is 11.1 Å². The van der Waals surface area contributed by atoms with Crippen LogP contribution in [0.5, 0.6) is 0 Å². The number of nitrogens with one attached hydrogen (secondary N) is 1. The Kier molecular flexibility index (Phi) is 4.53. The van der Waals surface area contributed by atoms with Crippen molar-refractivity contribution < 1.29 is 14.3 Å². The van der Waals surface area contributed by atoms with Gasteiger partial charge in [-0.1, -0.05) is 13.8 Å². The van der Waals surface area contributed by atoms with E-state index in [0.717, 1.165) is 19.3 Å². The highest BCUT2D eigenvalue weighted by atomic mass is 19.1. The van der Waals surface area contributed by atoms with Crippen molar-refractivity contribution in [2.45, 2.75) is 77.9 Å². The van der Waals surface area contributed by atoms with E-state index >= 15 is 0 Å². The van der Waals surface area contributed by atoms with Crippen LogP contribution in [0.25, 0.3) is 11.0 Å². The fraction of sp³-hybridized carbons (Fsp3) is 0.636. The number of imidazole rings is 1. The lowest BCUT2D eigenvalue weighted by Gasteiger charge is -2.30. The number of benzene rings is 1. The van der Waals surface area contributed by atoms with E-state index in [4.69, 9.17) is 0 Å². The van der Waals surface area contributed by atoms with E-state index in [1.165, 1.54) is 18.9 Å². The van der Waals surface area contributed by atoms with E-state index in [1.807, 2.05) is 4.57 Å². The topological polar surface area (TPSA) is 67.2 Å². The fourth-order valence-corrected chi connectivity index (χ4v) is 4.20. The molecule has 2 saturated carbocycles. The van der Waals surface area contributed by atoms with E-state index < -0.39 is 11.4 Å². The lowest BCUT2D eigenvalue weighted by atomic mass is 9.83. The molecule has 2 fully saturated rings. The first-order valence-electron chi connectivity index (χ1n) is 10.3. The van der Waals surface area contributed by atoms with Crippen LogP contribution in [-0.4, -0.2) is 20.6 Å². The second-order valence-corrected chi connectivity index (χ2v) is 9.76. The van der Waals surface area contributed by atoms with Crippen molar-refractivity contribution in [2.75, 3.05) is 5.32 Å². The summed E-state index contributed by atoms with van der Waals surface area (Å²) in [5, 5.41) is 13.3. The molecule has 152 valence electrons. The van der Waals surface area contributed by atoms with Gasteiger partial charge in [0.1, 0.15) is 5.52 Å². The Labute approximate surface area is 165 Å². The molecule has 0 bridgehead atoms. The average Bonchev–Trinajstić information content (AvgIpc) is 3.31. The van der Waals surface area contributed by atoms with Gasteiger partial charge in [-0.2, -0.15) is 0 Å². The van der Waals surface area contributed by atoms with E-state index in [9.17, 15) is 14.3 Å². The first-order chi connectivity index (χ1) is 13.1. The van der Waals surface area contributed by atoms with Crippen molar-refractivity contribution in [3.05, 3.63) is 23.5 Å². The third kappa shape index (κ3) is 3.54. The first-order valence-corrected chi connectivity index (χ1v) is 10.3. The molecule has 1 heterocycles. The van der Waals surface area contributed by atoms with Crippen molar-refractivity contribution in [3.63, 3.8) is 0 Å². The van der Waals surface area contributed by atoms with Crippen LogP contribution in [0.2, 0.25) is 0 Å². The Hall–Kier alpha value is -1.95. The fourth-order valence-electron chi connectivity index (χ4n) is 4.20.